The number of aromatic nitrogens is 1. The minimum Gasteiger partial charge on any atom is -0.481 e. The number of alkyl halides is 3. The highest BCUT2D eigenvalue weighted by molar-refractivity contribution is 5.95. The topological polar surface area (TPSA) is 165 Å². The van der Waals surface area contributed by atoms with Crippen LogP contribution in [0.25, 0.3) is 11.5 Å². The number of nitro groups is 1. The Bertz CT molecular complexity index is 1460. The average molecular weight is 589 g/mol. The fraction of sp³-hybridized carbons (Fsp3) is 0.357. The first-order chi connectivity index (χ1) is 19.9. The van der Waals surface area contributed by atoms with Crippen LogP contribution in [0.2, 0.25) is 0 Å². The van der Waals surface area contributed by atoms with Crippen molar-refractivity contribution in [2.75, 3.05) is 11.9 Å². The third-order valence-corrected chi connectivity index (χ3v) is 7.04. The van der Waals surface area contributed by atoms with Gasteiger partial charge in [0.05, 0.1) is 4.92 Å². The lowest BCUT2D eigenvalue weighted by atomic mass is 9.77. The molecule has 14 heteroatoms. The highest BCUT2D eigenvalue weighted by Crippen LogP contribution is 2.38. The largest absolute Gasteiger partial charge is 0.481 e. The number of hydrogen-bond donors (Lipinski definition) is 3. The molecule has 11 nitrogen and oxygen atoms in total. The Labute approximate surface area is 237 Å². The summed E-state index contributed by atoms with van der Waals surface area (Å²) in [6, 6.07) is 12.1. The van der Waals surface area contributed by atoms with E-state index in [1.807, 2.05) is 12.1 Å². The van der Waals surface area contributed by atoms with Gasteiger partial charge in [0.2, 0.25) is 17.6 Å². The number of hydrogen-bond acceptors (Lipinski definition) is 7. The number of amides is 2. The maximum Gasteiger partial charge on any atom is 0.452 e. The molecule has 2 amide bonds. The number of carboxylic acids is 1. The second-order valence-electron chi connectivity index (χ2n) is 9.96. The number of carboxylic acid groups (broad SMARTS) is 1. The molecule has 0 radical (unpaired) electrons. The maximum atomic E-state index is 13.6. The van der Waals surface area contributed by atoms with E-state index in [0.29, 0.717) is 11.6 Å². The zero-order chi connectivity index (χ0) is 30.4. The third-order valence-electron chi connectivity index (χ3n) is 7.04. The van der Waals surface area contributed by atoms with Gasteiger partial charge in [0, 0.05) is 31.1 Å². The summed E-state index contributed by atoms with van der Waals surface area (Å²) < 4.78 is 45.5. The van der Waals surface area contributed by atoms with Crippen LogP contribution >= 0.6 is 0 Å². The number of para-hydroxylation sites is 1. The zero-order valence-electron chi connectivity index (χ0n) is 22.1. The lowest BCUT2D eigenvalue weighted by Gasteiger charge is -2.28. The van der Waals surface area contributed by atoms with Crippen LogP contribution in [0.3, 0.4) is 0 Å². The van der Waals surface area contributed by atoms with E-state index in [2.05, 4.69) is 15.6 Å². The summed E-state index contributed by atoms with van der Waals surface area (Å²) in [4.78, 5) is 49.9. The third kappa shape index (κ3) is 7.50. The molecule has 3 N–H and O–H groups in total. The molecule has 0 aliphatic heterocycles. The quantitative estimate of drug-likeness (QED) is 0.198. The first-order valence-electron chi connectivity index (χ1n) is 13.1. The fourth-order valence-electron chi connectivity index (χ4n) is 4.98. The SMILES string of the molecule is O=C(O)CC1CCC(c2ccc(NC(=O)CCNC(=O)c3nc(-c4ccccc4[N+](=O)[O-])oc3C(F)(F)F)cc2)CC1. The van der Waals surface area contributed by atoms with E-state index < -0.39 is 51.9 Å². The van der Waals surface area contributed by atoms with Crippen LogP contribution in [0.5, 0.6) is 0 Å². The van der Waals surface area contributed by atoms with E-state index in [4.69, 9.17) is 9.52 Å². The number of halogens is 3. The van der Waals surface area contributed by atoms with Gasteiger partial charge in [-0.15, -0.1) is 0 Å². The fourth-order valence-corrected chi connectivity index (χ4v) is 4.98. The summed E-state index contributed by atoms with van der Waals surface area (Å²) in [6.07, 6.45) is -1.73. The molecule has 1 saturated carbocycles. The average Bonchev–Trinajstić information content (AvgIpc) is 3.40. The number of carbonyl (C=O) groups excluding carboxylic acids is 2. The number of oxazole rings is 1. The van der Waals surface area contributed by atoms with Gasteiger partial charge in [0.25, 0.3) is 11.6 Å². The molecule has 1 aromatic heterocycles. The Morgan fingerprint density at radius 2 is 1.71 bits per heavy atom. The molecule has 42 heavy (non-hydrogen) atoms. The summed E-state index contributed by atoms with van der Waals surface area (Å²) in [6.45, 7) is -0.312. The van der Waals surface area contributed by atoms with Crippen LogP contribution in [0, 0.1) is 16.0 Å². The summed E-state index contributed by atoms with van der Waals surface area (Å²) in [7, 11) is 0. The second-order valence-corrected chi connectivity index (χ2v) is 9.96. The van der Waals surface area contributed by atoms with Gasteiger partial charge in [-0.1, -0.05) is 24.3 Å². The number of nitro benzene ring substituents is 1. The maximum absolute atomic E-state index is 13.6. The van der Waals surface area contributed by atoms with Gasteiger partial charge >= 0.3 is 12.1 Å². The van der Waals surface area contributed by atoms with Crippen molar-refractivity contribution in [1.82, 2.24) is 10.3 Å². The van der Waals surface area contributed by atoms with Gasteiger partial charge in [0.15, 0.2) is 5.69 Å². The van der Waals surface area contributed by atoms with E-state index >= 15 is 0 Å². The van der Waals surface area contributed by atoms with E-state index in [-0.39, 0.29) is 30.9 Å². The van der Waals surface area contributed by atoms with E-state index in [1.54, 1.807) is 12.1 Å². The summed E-state index contributed by atoms with van der Waals surface area (Å²) in [5.41, 5.74) is -0.402. The van der Waals surface area contributed by atoms with Crippen LogP contribution in [-0.2, 0) is 15.8 Å². The van der Waals surface area contributed by atoms with Crippen molar-refractivity contribution in [2.24, 2.45) is 5.92 Å². The van der Waals surface area contributed by atoms with Crippen molar-refractivity contribution in [1.29, 1.82) is 0 Å². The van der Waals surface area contributed by atoms with Gasteiger partial charge in [-0.3, -0.25) is 24.5 Å². The molecule has 0 unspecified atom stereocenters. The van der Waals surface area contributed by atoms with Crippen LogP contribution in [-0.4, -0.2) is 39.3 Å². The van der Waals surface area contributed by atoms with Crippen molar-refractivity contribution in [2.45, 2.75) is 50.6 Å². The number of carbonyl (C=O) groups is 3. The molecule has 1 heterocycles. The number of nitrogens with one attached hydrogen (secondary N) is 2. The van der Waals surface area contributed by atoms with Gasteiger partial charge < -0.3 is 20.2 Å². The van der Waals surface area contributed by atoms with Crippen LogP contribution < -0.4 is 10.6 Å². The van der Waals surface area contributed by atoms with Gasteiger partial charge in [0.1, 0.15) is 5.56 Å². The highest BCUT2D eigenvalue weighted by atomic mass is 19.4. The predicted octanol–water partition coefficient (Wildman–Crippen LogP) is 5.78. The number of aliphatic carboxylic acids is 1. The number of nitrogens with zero attached hydrogens (tertiary/aromatic N) is 2. The number of benzene rings is 2. The monoisotopic (exact) mass is 588 g/mol. The molecule has 0 spiro atoms. The standard InChI is InChI=1S/C28H27F3N4O7/c29-28(30,31)25-24(34-27(42-25)20-3-1-2-4-21(20)35(40)41)26(39)32-14-13-22(36)33-19-11-9-18(10-12-19)17-7-5-16(6-8-17)15-23(37)38/h1-4,9-12,16-17H,5-8,13-15H2,(H,32,39)(H,33,36)(H,37,38). The Hall–Kier alpha value is -4.75. The number of rotatable bonds is 10. The molecular formula is C28H27F3N4O7. The molecule has 2 aromatic carbocycles. The van der Waals surface area contributed by atoms with Crippen molar-refractivity contribution >= 4 is 29.2 Å². The van der Waals surface area contributed by atoms with E-state index in [0.717, 1.165) is 43.4 Å². The summed E-state index contributed by atoms with van der Waals surface area (Å²) in [5.74, 6) is -4.49. The minimum absolute atomic E-state index is 0.180. The lowest BCUT2D eigenvalue weighted by molar-refractivity contribution is -0.384. The molecular weight excluding hydrogens is 561 g/mol. The minimum atomic E-state index is -5.11. The first kappa shape index (κ1) is 30.2. The molecule has 1 fully saturated rings. The first-order valence-corrected chi connectivity index (χ1v) is 13.1. The predicted molar refractivity (Wildman–Crippen MR) is 143 cm³/mol. The van der Waals surface area contributed by atoms with Gasteiger partial charge in [-0.05, 0) is 61.3 Å². The molecule has 0 atom stereocenters. The Kier molecular flexibility index (Phi) is 9.23. The highest BCUT2D eigenvalue weighted by Gasteiger charge is 2.42. The Morgan fingerprint density at radius 3 is 2.33 bits per heavy atom. The van der Waals surface area contributed by atoms with Crippen molar-refractivity contribution in [3.63, 3.8) is 0 Å². The van der Waals surface area contributed by atoms with Crippen LogP contribution in [0.15, 0.2) is 52.9 Å². The van der Waals surface area contributed by atoms with Crippen LogP contribution in [0.1, 0.15) is 66.3 Å². The molecule has 0 saturated heterocycles. The second kappa shape index (κ2) is 12.8. The molecule has 222 valence electrons. The van der Waals surface area contributed by atoms with E-state index in [9.17, 15) is 37.7 Å². The molecule has 0 bridgehead atoms. The summed E-state index contributed by atoms with van der Waals surface area (Å²) in [5, 5.41) is 25.1. The van der Waals surface area contributed by atoms with Crippen LogP contribution in [0.4, 0.5) is 24.5 Å². The molecule has 1 aliphatic rings. The van der Waals surface area contributed by atoms with Gasteiger partial charge in [-0.25, -0.2) is 4.98 Å². The molecule has 1 aliphatic carbocycles. The molecule has 3 aromatic rings. The molecule has 4 rings (SSSR count). The normalized spacial score (nSPS) is 16.9. The van der Waals surface area contributed by atoms with E-state index in [1.165, 1.54) is 12.1 Å². The van der Waals surface area contributed by atoms with Crippen molar-refractivity contribution in [3.8, 4) is 11.5 Å². The number of anilines is 1. The Morgan fingerprint density at radius 1 is 1.05 bits per heavy atom. The van der Waals surface area contributed by atoms with Gasteiger partial charge in [-0.2, -0.15) is 13.2 Å². The smallest absolute Gasteiger partial charge is 0.452 e. The summed E-state index contributed by atoms with van der Waals surface area (Å²) >= 11 is 0. The van der Waals surface area contributed by atoms with Crippen molar-refractivity contribution in [3.05, 3.63) is 75.7 Å². The zero-order valence-corrected chi connectivity index (χ0v) is 22.1. The lowest BCUT2D eigenvalue weighted by Crippen LogP contribution is -2.29. The van der Waals surface area contributed by atoms with Crippen molar-refractivity contribution < 1.29 is 42.0 Å². The Balaban J connectivity index is 1.32.